The van der Waals surface area contributed by atoms with Crippen LogP contribution >= 0.6 is 11.8 Å². The van der Waals surface area contributed by atoms with Gasteiger partial charge in [0, 0.05) is 25.7 Å². The predicted octanol–water partition coefficient (Wildman–Crippen LogP) is 2.72. The van der Waals surface area contributed by atoms with E-state index in [-0.39, 0.29) is 15.9 Å². The highest BCUT2D eigenvalue weighted by atomic mass is 32.2. The van der Waals surface area contributed by atoms with Crippen molar-refractivity contribution in [3.8, 4) is 0 Å². The molecule has 22 heavy (non-hydrogen) atoms. The molecule has 7 heteroatoms. The van der Waals surface area contributed by atoms with Crippen LogP contribution in [0.4, 0.5) is 0 Å². The Balaban J connectivity index is 2.11. The molecule has 1 unspecified atom stereocenters. The van der Waals surface area contributed by atoms with Crippen LogP contribution in [0.1, 0.15) is 39.5 Å². The number of aromatic nitrogens is 1. The maximum absolute atomic E-state index is 12.4. The summed E-state index contributed by atoms with van der Waals surface area (Å²) in [4.78, 5) is 16.3. The lowest BCUT2D eigenvalue weighted by Gasteiger charge is -2.20. The van der Waals surface area contributed by atoms with Gasteiger partial charge in [0.25, 0.3) is 0 Å². The van der Waals surface area contributed by atoms with E-state index in [1.807, 2.05) is 13.8 Å². The van der Waals surface area contributed by atoms with Crippen molar-refractivity contribution in [1.29, 1.82) is 0 Å². The van der Waals surface area contributed by atoms with Crippen molar-refractivity contribution in [2.75, 3.05) is 13.1 Å². The summed E-state index contributed by atoms with van der Waals surface area (Å²) in [7, 11) is -3.47. The number of carbonyl (C=O) groups excluding carboxylic acids is 1. The van der Waals surface area contributed by atoms with Gasteiger partial charge in [0.15, 0.2) is 0 Å². The molecule has 5 nitrogen and oxygen atoms in total. The van der Waals surface area contributed by atoms with Gasteiger partial charge < -0.3 is 0 Å². The van der Waals surface area contributed by atoms with Gasteiger partial charge >= 0.3 is 0 Å². The van der Waals surface area contributed by atoms with Crippen LogP contribution in [0.3, 0.4) is 0 Å². The Morgan fingerprint density at radius 2 is 2.00 bits per heavy atom. The monoisotopic (exact) mass is 342 g/mol. The first-order chi connectivity index (χ1) is 10.5. The van der Waals surface area contributed by atoms with Crippen molar-refractivity contribution < 1.29 is 13.2 Å². The Hall–Kier alpha value is -0.920. The molecule has 0 aromatic carbocycles. The molecular formula is C15H22N2O3S2. The number of sulfonamides is 1. The molecule has 1 aromatic rings. The third kappa shape index (κ3) is 3.88. The van der Waals surface area contributed by atoms with E-state index in [4.69, 9.17) is 0 Å². The molecule has 0 amide bonds. The number of rotatable bonds is 6. The number of Topliss-reactive ketones (excluding diaryl/α,β-unsaturated/α-hetero) is 1. The minimum atomic E-state index is -3.47. The van der Waals surface area contributed by atoms with Crippen LogP contribution in [0.15, 0.2) is 28.3 Å². The molecule has 2 rings (SSSR count). The number of thioether (sulfide) groups is 1. The Morgan fingerprint density at radius 3 is 2.55 bits per heavy atom. The Bertz CT molecular complexity index is 610. The first-order valence-corrected chi connectivity index (χ1v) is 9.96. The van der Waals surface area contributed by atoms with Gasteiger partial charge in [-0.3, -0.25) is 4.79 Å². The lowest BCUT2D eigenvalue weighted by molar-refractivity contribution is -0.119. The molecular weight excluding hydrogens is 320 g/mol. The summed E-state index contributed by atoms with van der Waals surface area (Å²) >= 11 is 1.44. The molecule has 0 bridgehead atoms. The van der Waals surface area contributed by atoms with E-state index in [1.54, 1.807) is 12.1 Å². The van der Waals surface area contributed by atoms with E-state index < -0.39 is 10.0 Å². The van der Waals surface area contributed by atoms with Gasteiger partial charge in [0.2, 0.25) is 10.0 Å². The smallest absolute Gasteiger partial charge is 0.244 e. The summed E-state index contributed by atoms with van der Waals surface area (Å²) < 4.78 is 26.1. The second-order valence-electron chi connectivity index (χ2n) is 5.24. The minimum absolute atomic E-state index is 0.0357. The van der Waals surface area contributed by atoms with Crippen molar-refractivity contribution >= 4 is 27.6 Å². The summed E-state index contributed by atoms with van der Waals surface area (Å²) in [6.07, 6.45) is 4.96. The zero-order valence-electron chi connectivity index (χ0n) is 13.0. The molecule has 0 saturated heterocycles. The fourth-order valence-corrected chi connectivity index (χ4v) is 5.01. The topological polar surface area (TPSA) is 67.3 Å². The Morgan fingerprint density at radius 1 is 1.27 bits per heavy atom. The largest absolute Gasteiger partial charge is 0.298 e. The van der Waals surface area contributed by atoms with Crippen molar-refractivity contribution in [2.24, 2.45) is 0 Å². The van der Waals surface area contributed by atoms with E-state index in [0.717, 1.165) is 19.3 Å². The molecule has 1 aliphatic rings. The highest BCUT2D eigenvalue weighted by molar-refractivity contribution is 8.00. The molecule has 1 aromatic heterocycles. The van der Waals surface area contributed by atoms with E-state index in [1.165, 1.54) is 22.3 Å². The SMILES string of the molecule is CCN(CC)S(=O)(=O)c1ccc(SC2CCCCC2=O)nc1. The van der Waals surface area contributed by atoms with E-state index in [0.29, 0.717) is 24.5 Å². The summed E-state index contributed by atoms with van der Waals surface area (Å²) in [6.45, 7) is 4.50. The molecule has 0 aliphatic heterocycles. The number of hydrogen-bond acceptors (Lipinski definition) is 5. The predicted molar refractivity (Wildman–Crippen MR) is 87.5 cm³/mol. The number of ketones is 1. The lowest BCUT2D eigenvalue weighted by Crippen LogP contribution is -2.30. The molecule has 1 atom stereocenters. The first kappa shape index (κ1) is 17.4. The molecule has 0 radical (unpaired) electrons. The lowest BCUT2D eigenvalue weighted by atomic mass is 9.99. The summed E-state index contributed by atoms with van der Waals surface area (Å²) in [5.41, 5.74) is 0. The molecule has 1 fully saturated rings. The fraction of sp³-hybridized carbons (Fsp3) is 0.600. The molecule has 0 N–H and O–H groups in total. The molecule has 1 heterocycles. The standard InChI is InChI=1S/C15H22N2O3S2/c1-3-17(4-2)22(19,20)12-9-10-15(16-11-12)21-14-8-6-5-7-13(14)18/h9-11,14H,3-8H2,1-2H3. The van der Waals surface area contributed by atoms with Crippen molar-refractivity contribution in [3.63, 3.8) is 0 Å². The van der Waals surface area contributed by atoms with Crippen LogP contribution in [-0.2, 0) is 14.8 Å². The number of nitrogens with zero attached hydrogens (tertiary/aromatic N) is 2. The summed E-state index contributed by atoms with van der Waals surface area (Å²) in [5, 5.41) is 0.672. The third-order valence-corrected chi connectivity index (χ3v) is 7.11. The number of hydrogen-bond donors (Lipinski definition) is 0. The van der Waals surface area contributed by atoms with Gasteiger partial charge in [-0.1, -0.05) is 32.0 Å². The maximum atomic E-state index is 12.4. The molecule has 1 aliphatic carbocycles. The zero-order chi connectivity index (χ0) is 16.2. The second-order valence-corrected chi connectivity index (χ2v) is 8.40. The first-order valence-electron chi connectivity index (χ1n) is 7.64. The average Bonchev–Trinajstić information content (AvgIpc) is 2.51. The highest BCUT2D eigenvalue weighted by Crippen LogP contribution is 2.31. The van der Waals surface area contributed by atoms with Crippen LogP contribution in [-0.4, -0.2) is 41.8 Å². The van der Waals surface area contributed by atoms with Gasteiger partial charge in [0.05, 0.1) is 10.3 Å². The normalized spacial score (nSPS) is 19.6. The van der Waals surface area contributed by atoms with E-state index in [9.17, 15) is 13.2 Å². The summed E-state index contributed by atoms with van der Waals surface area (Å²) in [5.74, 6) is 0.276. The fourth-order valence-electron chi connectivity index (χ4n) is 2.52. The summed E-state index contributed by atoms with van der Waals surface area (Å²) in [6, 6.07) is 3.28. The highest BCUT2D eigenvalue weighted by Gasteiger charge is 2.25. The van der Waals surface area contributed by atoms with E-state index >= 15 is 0 Å². The molecule has 122 valence electrons. The third-order valence-electron chi connectivity index (χ3n) is 3.81. The maximum Gasteiger partial charge on any atom is 0.244 e. The van der Waals surface area contributed by atoms with Gasteiger partial charge in [0.1, 0.15) is 10.7 Å². The van der Waals surface area contributed by atoms with Crippen molar-refractivity contribution in [1.82, 2.24) is 9.29 Å². The Labute approximate surface area is 136 Å². The van der Waals surface area contributed by atoms with Crippen LogP contribution in [0.25, 0.3) is 0 Å². The van der Waals surface area contributed by atoms with Crippen LogP contribution < -0.4 is 0 Å². The molecule has 0 spiro atoms. The quantitative estimate of drug-likeness (QED) is 0.795. The van der Waals surface area contributed by atoms with Crippen LogP contribution in [0.5, 0.6) is 0 Å². The van der Waals surface area contributed by atoms with Gasteiger partial charge in [-0.25, -0.2) is 13.4 Å². The van der Waals surface area contributed by atoms with E-state index in [2.05, 4.69) is 4.98 Å². The zero-order valence-corrected chi connectivity index (χ0v) is 14.6. The second kappa shape index (κ2) is 7.57. The Kier molecular flexibility index (Phi) is 6.00. The van der Waals surface area contributed by atoms with Crippen molar-refractivity contribution in [2.45, 2.75) is 54.7 Å². The number of pyridine rings is 1. The van der Waals surface area contributed by atoms with Gasteiger partial charge in [-0.2, -0.15) is 4.31 Å². The van der Waals surface area contributed by atoms with Crippen LogP contribution in [0.2, 0.25) is 0 Å². The molecule has 1 saturated carbocycles. The number of carbonyl (C=O) groups is 1. The minimum Gasteiger partial charge on any atom is -0.298 e. The van der Waals surface area contributed by atoms with Gasteiger partial charge in [-0.15, -0.1) is 0 Å². The van der Waals surface area contributed by atoms with Gasteiger partial charge in [-0.05, 0) is 25.0 Å². The van der Waals surface area contributed by atoms with Crippen LogP contribution in [0, 0.1) is 0 Å². The van der Waals surface area contributed by atoms with Crippen molar-refractivity contribution in [3.05, 3.63) is 18.3 Å². The average molecular weight is 342 g/mol.